The molecule has 0 fully saturated rings. The van der Waals surface area contributed by atoms with Crippen molar-refractivity contribution < 1.29 is 13.6 Å². The van der Waals surface area contributed by atoms with Gasteiger partial charge in [-0.3, -0.25) is 4.57 Å². The summed E-state index contributed by atoms with van der Waals surface area (Å²) in [6.07, 6.45) is 0. The van der Waals surface area contributed by atoms with Crippen molar-refractivity contribution in [3.8, 4) is 0 Å². The lowest BCUT2D eigenvalue weighted by Crippen LogP contribution is -2.16. The normalized spacial score (nSPS) is 12.8. The van der Waals surface area contributed by atoms with E-state index in [4.69, 9.17) is 9.05 Å². The van der Waals surface area contributed by atoms with Crippen LogP contribution in [0.15, 0.2) is 42.5 Å². The van der Waals surface area contributed by atoms with E-state index in [1.165, 1.54) is 5.56 Å². The average molecular weight is 361 g/mol. The molecule has 5 heteroatoms. The van der Waals surface area contributed by atoms with Crippen LogP contribution < -0.4 is 5.32 Å². The van der Waals surface area contributed by atoms with E-state index >= 15 is 0 Å². The van der Waals surface area contributed by atoms with Crippen molar-refractivity contribution >= 4 is 13.3 Å². The van der Waals surface area contributed by atoms with Crippen LogP contribution in [0.1, 0.15) is 41.9 Å². The molecule has 0 aliphatic heterocycles. The van der Waals surface area contributed by atoms with Crippen molar-refractivity contribution in [3.05, 3.63) is 64.7 Å². The van der Waals surface area contributed by atoms with E-state index in [1.807, 2.05) is 44.2 Å². The summed E-state index contributed by atoms with van der Waals surface area (Å²) in [6.45, 7) is 10.5. The zero-order chi connectivity index (χ0) is 18.4. The Morgan fingerprint density at radius 3 is 1.96 bits per heavy atom. The van der Waals surface area contributed by atoms with E-state index < -0.39 is 13.4 Å². The molecule has 0 aliphatic carbocycles. The topological polar surface area (TPSA) is 47.6 Å². The molecule has 1 atom stereocenters. The number of hydrogen-bond acceptors (Lipinski definition) is 4. The molecule has 0 aliphatic rings. The molecule has 1 unspecified atom stereocenters. The Labute approximate surface area is 151 Å². The van der Waals surface area contributed by atoms with E-state index in [9.17, 15) is 4.57 Å². The van der Waals surface area contributed by atoms with Gasteiger partial charge in [-0.2, -0.15) is 0 Å². The van der Waals surface area contributed by atoms with Gasteiger partial charge >= 0.3 is 7.60 Å². The van der Waals surface area contributed by atoms with Gasteiger partial charge in [0, 0.05) is 5.69 Å². The first-order chi connectivity index (χ1) is 11.9. The second-order valence-electron chi connectivity index (χ2n) is 6.11. The fourth-order valence-electron chi connectivity index (χ4n) is 3.07. The fourth-order valence-corrected chi connectivity index (χ4v) is 4.99. The van der Waals surface area contributed by atoms with Crippen LogP contribution in [-0.2, 0) is 13.6 Å². The zero-order valence-corrected chi connectivity index (χ0v) is 16.6. The molecule has 0 saturated carbocycles. The highest BCUT2D eigenvalue weighted by molar-refractivity contribution is 7.54. The lowest BCUT2D eigenvalue weighted by Gasteiger charge is -2.29. The van der Waals surface area contributed by atoms with Gasteiger partial charge in [-0.15, -0.1) is 0 Å². The van der Waals surface area contributed by atoms with E-state index in [2.05, 4.69) is 38.2 Å². The Morgan fingerprint density at radius 1 is 0.960 bits per heavy atom. The van der Waals surface area contributed by atoms with Crippen molar-refractivity contribution in [1.29, 1.82) is 0 Å². The van der Waals surface area contributed by atoms with Gasteiger partial charge in [-0.05, 0) is 51.3 Å². The Morgan fingerprint density at radius 2 is 1.48 bits per heavy atom. The molecule has 2 aromatic carbocycles. The third-order valence-electron chi connectivity index (χ3n) is 4.01. The monoisotopic (exact) mass is 361 g/mol. The Kier molecular flexibility index (Phi) is 6.83. The molecule has 1 N–H and O–H groups in total. The molecule has 0 radical (unpaired) electrons. The van der Waals surface area contributed by atoms with Crippen LogP contribution in [0.4, 0.5) is 5.69 Å². The van der Waals surface area contributed by atoms with Crippen LogP contribution in [0.5, 0.6) is 0 Å². The molecule has 0 aromatic heterocycles. The second-order valence-corrected chi connectivity index (χ2v) is 8.22. The molecular formula is C20H28NO3P. The van der Waals surface area contributed by atoms with Gasteiger partial charge in [-0.25, -0.2) is 0 Å². The summed E-state index contributed by atoms with van der Waals surface area (Å²) in [7, 11) is -3.38. The maximum absolute atomic E-state index is 13.5. The molecule has 2 aromatic rings. The third kappa shape index (κ3) is 4.72. The van der Waals surface area contributed by atoms with Gasteiger partial charge in [0.15, 0.2) is 5.78 Å². The van der Waals surface area contributed by atoms with Crippen molar-refractivity contribution in [2.45, 2.75) is 40.4 Å². The van der Waals surface area contributed by atoms with Gasteiger partial charge in [0.1, 0.15) is 0 Å². The third-order valence-corrected chi connectivity index (χ3v) is 6.30. The maximum Gasteiger partial charge on any atom is 0.357 e. The van der Waals surface area contributed by atoms with E-state index in [0.29, 0.717) is 13.2 Å². The highest BCUT2D eigenvalue weighted by Gasteiger charge is 2.37. The largest absolute Gasteiger partial charge is 0.367 e. The minimum Gasteiger partial charge on any atom is -0.367 e. The van der Waals surface area contributed by atoms with Crippen molar-refractivity contribution in [1.82, 2.24) is 0 Å². The van der Waals surface area contributed by atoms with Crippen LogP contribution >= 0.6 is 7.60 Å². The number of hydrogen-bond donors (Lipinski definition) is 1. The second kappa shape index (κ2) is 8.66. The zero-order valence-electron chi connectivity index (χ0n) is 15.7. The molecule has 0 bridgehead atoms. The van der Waals surface area contributed by atoms with Gasteiger partial charge in [0.25, 0.3) is 0 Å². The summed E-state index contributed by atoms with van der Waals surface area (Å²) in [4.78, 5) is 0. The molecule has 2 rings (SSSR count). The fraction of sp³-hybridized carbons (Fsp3) is 0.400. The maximum atomic E-state index is 13.5. The molecule has 4 nitrogen and oxygen atoms in total. The SMILES string of the molecule is CCOP(=O)(OCC)C(Nc1c(C)cc(C)cc1C)c1ccccc1. The number of anilines is 1. The van der Waals surface area contributed by atoms with Crippen molar-refractivity contribution in [2.24, 2.45) is 0 Å². The minimum absolute atomic E-state index is 0.328. The molecule has 136 valence electrons. The average Bonchev–Trinajstić information content (AvgIpc) is 2.55. The van der Waals surface area contributed by atoms with Gasteiger partial charge in [0.05, 0.1) is 13.2 Å². The van der Waals surface area contributed by atoms with E-state index in [-0.39, 0.29) is 0 Å². The Bertz CT molecular complexity index is 713. The number of aryl methyl sites for hydroxylation is 3. The lowest BCUT2D eigenvalue weighted by molar-refractivity contribution is 0.214. The smallest absolute Gasteiger partial charge is 0.357 e. The van der Waals surface area contributed by atoms with Gasteiger partial charge in [0.2, 0.25) is 0 Å². The summed E-state index contributed by atoms with van der Waals surface area (Å²) >= 11 is 0. The minimum atomic E-state index is -3.38. The molecular weight excluding hydrogens is 333 g/mol. The predicted molar refractivity (Wildman–Crippen MR) is 104 cm³/mol. The molecule has 0 spiro atoms. The summed E-state index contributed by atoms with van der Waals surface area (Å²) in [5.74, 6) is -0.561. The lowest BCUT2D eigenvalue weighted by atomic mass is 10.0. The first-order valence-corrected chi connectivity index (χ1v) is 10.3. The number of benzene rings is 2. The molecule has 0 saturated heterocycles. The molecule has 0 heterocycles. The highest BCUT2D eigenvalue weighted by atomic mass is 31.2. The first-order valence-electron chi connectivity index (χ1n) is 8.69. The van der Waals surface area contributed by atoms with Gasteiger partial charge < -0.3 is 14.4 Å². The standard InChI is InChI=1S/C20H28NO3P/c1-6-23-25(22,24-7-2)20(18-11-9-8-10-12-18)21-19-16(4)13-15(3)14-17(19)5/h8-14,20-21H,6-7H2,1-5H3. The van der Waals surface area contributed by atoms with Crippen molar-refractivity contribution in [3.63, 3.8) is 0 Å². The van der Waals surface area contributed by atoms with Gasteiger partial charge in [-0.1, -0.05) is 48.0 Å². The quantitative estimate of drug-likeness (QED) is 0.587. The van der Waals surface area contributed by atoms with E-state index in [0.717, 1.165) is 22.4 Å². The van der Waals surface area contributed by atoms with Crippen LogP contribution in [0.25, 0.3) is 0 Å². The summed E-state index contributed by atoms with van der Waals surface area (Å²) in [6, 6.07) is 13.9. The summed E-state index contributed by atoms with van der Waals surface area (Å²) < 4.78 is 24.8. The predicted octanol–water partition coefficient (Wildman–Crippen LogP) is 5.99. The molecule has 25 heavy (non-hydrogen) atoms. The first kappa shape index (κ1) is 19.7. The summed E-state index contributed by atoms with van der Waals surface area (Å²) in [5.41, 5.74) is 5.27. The number of nitrogens with one attached hydrogen (secondary N) is 1. The summed E-state index contributed by atoms with van der Waals surface area (Å²) in [5, 5.41) is 3.46. The van der Waals surface area contributed by atoms with E-state index in [1.54, 1.807) is 0 Å². The van der Waals surface area contributed by atoms with Crippen molar-refractivity contribution in [2.75, 3.05) is 18.5 Å². The highest BCUT2D eigenvalue weighted by Crippen LogP contribution is 2.61. The van der Waals surface area contributed by atoms with Crippen LogP contribution in [0.3, 0.4) is 0 Å². The van der Waals surface area contributed by atoms with Crippen LogP contribution in [0.2, 0.25) is 0 Å². The van der Waals surface area contributed by atoms with Crippen LogP contribution in [0, 0.1) is 20.8 Å². The Balaban J connectivity index is 2.51. The number of rotatable bonds is 8. The molecule has 0 amide bonds. The van der Waals surface area contributed by atoms with Crippen LogP contribution in [-0.4, -0.2) is 13.2 Å². The Hall–Kier alpha value is -1.61.